The number of aryl methyl sites for hydroxylation is 1. The van der Waals surface area contributed by atoms with Crippen LogP contribution in [-0.4, -0.2) is 34.3 Å². The van der Waals surface area contributed by atoms with Crippen LogP contribution in [0, 0.1) is 0 Å². The fraction of sp³-hybridized carbons (Fsp3) is 0.222. The summed E-state index contributed by atoms with van der Waals surface area (Å²) in [5.74, 6) is -0.287. The van der Waals surface area contributed by atoms with Crippen LogP contribution in [0.5, 0.6) is 0 Å². The van der Waals surface area contributed by atoms with Crippen LogP contribution in [-0.2, 0) is 21.2 Å². The number of carbonyl (C=O) groups is 2. The van der Waals surface area contributed by atoms with E-state index in [4.69, 9.17) is 0 Å². The van der Waals surface area contributed by atoms with E-state index in [-0.39, 0.29) is 16.7 Å². The second kappa shape index (κ2) is 6.80. The van der Waals surface area contributed by atoms with Crippen LogP contribution in [0.15, 0.2) is 47.4 Å². The van der Waals surface area contributed by atoms with Crippen LogP contribution < -0.4 is 14.9 Å². The lowest BCUT2D eigenvalue weighted by molar-refractivity contribution is -0.118. The van der Waals surface area contributed by atoms with Gasteiger partial charge in [-0.1, -0.05) is 6.07 Å². The van der Waals surface area contributed by atoms with Crippen LogP contribution in [0.25, 0.3) is 0 Å². The summed E-state index contributed by atoms with van der Waals surface area (Å²) in [6.45, 7) is 0. The molecular weight excluding hydrogens is 354 g/mol. The molecule has 26 heavy (non-hydrogen) atoms. The van der Waals surface area contributed by atoms with Crippen LogP contribution >= 0.6 is 0 Å². The third kappa shape index (κ3) is 3.41. The Morgan fingerprint density at radius 1 is 1.12 bits per heavy atom. The smallest absolute Gasteiger partial charge is 0.261 e. The summed E-state index contributed by atoms with van der Waals surface area (Å²) in [6.07, 6.45) is 0.864. The van der Waals surface area contributed by atoms with Crippen molar-refractivity contribution >= 4 is 33.2 Å². The molecule has 0 atom stereocenters. The molecule has 2 N–H and O–H groups in total. The fourth-order valence-corrected chi connectivity index (χ4v) is 3.98. The molecule has 2 aromatic carbocycles. The van der Waals surface area contributed by atoms with E-state index < -0.39 is 10.0 Å². The predicted octanol–water partition coefficient (Wildman–Crippen LogP) is 1.76. The van der Waals surface area contributed by atoms with Crippen molar-refractivity contribution in [3.63, 3.8) is 0 Å². The third-order valence-electron chi connectivity index (χ3n) is 4.31. The Morgan fingerprint density at radius 2 is 1.88 bits per heavy atom. The molecule has 1 aliphatic heterocycles. The molecule has 0 radical (unpaired) electrons. The van der Waals surface area contributed by atoms with Crippen molar-refractivity contribution in [1.82, 2.24) is 5.32 Å². The SMILES string of the molecule is CNC(=O)c1cccc(NS(=O)(=O)c2ccc3c(c2)CCC(=O)N3C)c1. The van der Waals surface area contributed by atoms with Gasteiger partial charge in [-0.05, 0) is 48.4 Å². The van der Waals surface area contributed by atoms with Gasteiger partial charge in [0.05, 0.1) is 4.90 Å². The van der Waals surface area contributed by atoms with Crippen molar-refractivity contribution in [2.45, 2.75) is 17.7 Å². The van der Waals surface area contributed by atoms with Gasteiger partial charge in [0.1, 0.15) is 0 Å². The lowest BCUT2D eigenvalue weighted by Gasteiger charge is -2.26. The minimum absolute atomic E-state index is 0.0113. The van der Waals surface area contributed by atoms with E-state index in [1.807, 2.05) is 0 Å². The molecule has 8 heteroatoms. The van der Waals surface area contributed by atoms with E-state index in [9.17, 15) is 18.0 Å². The number of benzene rings is 2. The molecule has 0 bridgehead atoms. The zero-order valence-electron chi connectivity index (χ0n) is 14.4. The standard InChI is InChI=1S/C18H19N3O4S/c1-19-18(23)13-4-3-5-14(10-13)20-26(24,25)15-7-8-16-12(11-15)6-9-17(22)21(16)2/h3-5,7-8,10-11,20H,6,9H2,1-2H3,(H,19,23). The van der Waals surface area contributed by atoms with E-state index in [1.54, 1.807) is 37.4 Å². The summed E-state index contributed by atoms with van der Waals surface area (Å²) >= 11 is 0. The molecule has 0 fully saturated rings. The van der Waals surface area contributed by atoms with Crippen LogP contribution in [0.3, 0.4) is 0 Å². The first-order valence-electron chi connectivity index (χ1n) is 8.06. The number of fused-ring (bicyclic) bond motifs is 1. The number of nitrogens with zero attached hydrogens (tertiary/aromatic N) is 1. The van der Waals surface area contributed by atoms with Crippen LogP contribution in [0.4, 0.5) is 11.4 Å². The van der Waals surface area contributed by atoms with Gasteiger partial charge in [0.2, 0.25) is 5.91 Å². The monoisotopic (exact) mass is 373 g/mol. The van der Waals surface area contributed by atoms with Crippen molar-refractivity contribution in [2.75, 3.05) is 23.7 Å². The van der Waals surface area contributed by atoms with Crippen molar-refractivity contribution in [2.24, 2.45) is 0 Å². The maximum absolute atomic E-state index is 12.7. The molecule has 3 rings (SSSR count). The Balaban J connectivity index is 1.90. The quantitative estimate of drug-likeness (QED) is 0.854. The molecule has 0 saturated carbocycles. The number of anilines is 2. The molecule has 136 valence electrons. The highest BCUT2D eigenvalue weighted by Crippen LogP contribution is 2.29. The lowest BCUT2D eigenvalue weighted by atomic mass is 10.0. The summed E-state index contributed by atoms with van der Waals surface area (Å²) in [6, 6.07) is 11.0. The van der Waals surface area contributed by atoms with E-state index in [2.05, 4.69) is 10.0 Å². The molecule has 7 nitrogen and oxygen atoms in total. The highest BCUT2D eigenvalue weighted by Gasteiger charge is 2.23. The first-order valence-corrected chi connectivity index (χ1v) is 9.54. The van der Waals surface area contributed by atoms with Gasteiger partial charge >= 0.3 is 0 Å². The van der Waals surface area contributed by atoms with Gasteiger partial charge in [-0.25, -0.2) is 8.42 Å². The van der Waals surface area contributed by atoms with Crippen molar-refractivity contribution in [3.8, 4) is 0 Å². The average Bonchev–Trinajstić information content (AvgIpc) is 2.63. The van der Waals surface area contributed by atoms with E-state index in [0.717, 1.165) is 11.3 Å². The largest absolute Gasteiger partial charge is 0.355 e. The Bertz CT molecular complexity index is 986. The van der Waals surface area contributed by atoms with Gasteiger partial charge in [-0.2, -0.15) is 0 Å². The number of sulfonamides is 1. The predicted molar refractivity (Wildman–Crippen MR) is 98.8 cm³/mol. The maximum Gasteiger partial charge on any atom is 0.261 e. The van der Waals surface area contributed by atoms with Crippen molar-refractivity contribution in [1.29, 1.82) is 0 Å². The van der Waals surface area contributed by atoms with Crippen LogP contribution in [0.1, 0.15) is 22.3 Å². The van der Waals surface area contributed by atoms with Crippen LogP contribution in [0.2, 0.25) is 0 Å². The summed E-state index contributed by atoms with van der Waals surface area (Å²) in [7, 11) is -0.627. The van der Waals surface area contributed by atoms with E-state index in [0.29, 0.717) is 24.1 Å². The second-order valence-corrected chi connectivity index (χ2v) is 7.69. The molecule has 0 aromatic heterocycles. The molecule has 0 unspecified atom stereocenters. The molecule has 2 aromatic rings. The van der Waals surface area contributed by atoms with Gasteiger partial charge in [0.25, 0.3) is 15.9 Å². The number of hydrogen-bond donors (Lipinski definition) is 2. The van der Waals surface area contributed by atoms with Crippen molar-refractivity contribution in [3.05, 3.63) is 53.6 Å². The van der Waals surface area contributed by atoms with Gasteiger partial charge < -0.3 is 10.2 Å². The number of rotatable bonds is 4. The topological polar surface area (TPSA) is 95.6 Å². The summed E-state index contributed by atoms with van der Waals surface area (Å²) in [4.78, 5) is 25.1. The zero-order chi connectivity index (χ0) is 18.9. The fourth-order valence-electron chi connectivity index (χ4n) is 2.88. The van der Waals surface area contributed by atoms with E-state index >= 15 is 0 Å². The lowest BCUT2D eigenvalue weighted by Crippen LogP contribution is -2.31. The maximum atomic E-state index is 12.7. The average molecular weight is 373 g/mol. The normalized spacial score (nSPS) is 13.9. The van der Waals surface area contributed by atoms with Gasteiger partial charge in [-0.3, -0.25) is 14.3 Å². The molecule has 1 heterocycles. The van der Waals surface area contributed by atoms with E-state index in [1.165, 1.54) is 24.1 Å². The van der Waals surface area contributed by atoms with Gasteiger partial charge in [-0.15, -0.1) is 0 Å². The number of amides is 2. The highest BCUT2D eigenvalue weighted by molar-refractivity contribution is 7.92. The second-order valence-electron chi connectivity index (χ2n) is 6.01. The number of hydrogen-bond acceptors (Lipinski definition) is 4. The molecule has 1 aliphatic rings. The number of carbonyl (C=O) groups excluding carboxylic acids is 2. The minimum Gasteiger partial charge on any atom is -0.355 e. The Kier molecular flexibility index (Phi) is 4.69. The van der Waals surface area contributed by atoms with Crippen molar-refractivity contribution < 1.29 is 18.0 Å². The first kappa shape index (κ1) is 17.9. The molecular formula is C18H19N3O4S. The molecule has 0 aliphatic carbocycles. The number of nitrogens with one attached hydrogen (secondary N) is 2. The summed E-state index contributed by atoms with van der Waals surface area (Å²) < 4.78 is 27.9. The van der Waals surface area contributed by atoms with Gasteiger partial charge in [0.15, 0.2) is 0 Å². The molecule has 0 saturated heterocycles. The highest BCUT2D eigenvalue weighted by atomic mass is 32.2. The van der Waals surface area contributed by atoms with Gasteiger partial charge in [0, 0.05) is 37.5 Å². The summed E-state index contributed by atoms with van der Waals surface area (Å²) in [5, 5.41) is 2.50. The zero-order valence-corrected chi connectivity index (χ0v) is 15.3. The first-order chi connectivity index (χ1) is 12.3. The third-order valence-corrected chi connectivity index (χ3v) is 5.69. The Morgan fingerprint density at radius 3 is 2.62 bits per heavy atom. The molecule has 2 amide bonds. The molecule has 0 spiro atoms. The summed E-state index contributed by atoms with van der Waals surface area (Å²) in [5.41, 5.74) is 2.20. The Hall–Kier alpha value is -2.87. The minimum atomic E-state index is -3.81. The Labute approximate surface area is 152 Å².